The second-order valence-electron chi connectivity index (χ2n) is 1.76. The molecular formula is C6H9BNO3. The molecule has 0 aromatic rings. The number of carbonyl (C=O) groups is 1. The first kappa shape index (κ1) is 10.0. The van der Waals surface area contributed by atoms with Gasteiger partial charge in [-0.05, 0) is 7.05 Å². The predicted molar refractivity (Wildman–Crippen MR) is 41.0 cm³/mol. The molecule has 0 heterocycles. The number of likely N-dealkylation sites (N-methyl/N-ethyl adjacent to an activating group) is 1. The van der Waals surface area contributed by atoms with Gasteiger partial charge >= 0.3 is 13.5 Å². The minimum atomic E-state index is -0.996. The Morgan fingerprint density at radius 1 is 2.00 bits per heavy atom. The van der Waals surface area contributed by atoms with Crippen molar-refractivity contribution >= 4 is 13.5 Å². The van der Waals surface area contributed by atoms with Gasteiger partial charge in [0.15, 0.2) is 0 Å². The van der Waals surface area contributed by atoms with Crippen molar-refractivity contribution in [1.82, 2.24) is 5.32 Å². The van der Waals surface area contributed by atoms with E-state index in [1.165, 1.54) is 7.05 Å². The molecule has 0 aliphatic carbocycles. The summed E-state index contributed by atoms with van der Waals surface area (Å²) in [5, 5.41) is 11.0. The zero-order valence-electron chi connectivity index (χ0n) is 6.20. The lowest BCUT2D eigenvalue weighted by Gasteiger charge is -2.07. The molecule has 0 amide bonds. The highest BCUT2D eigenvalue weighted by molar-refractivity contribution is 6.36. The number of rotatable bonds is 5. The van der Waals surface area contributed by atoms with Gasteiger partial charge < -0.3 is 15.1 Å². The van der Waals surface area contributed by atoms with Gasteiger partial charge in [0.25, 0.3) is 0 Å². The van der Waals surface area contributed by atoms with Crippen molar-refractivity contribution in [1.29, 1.82) is 0 Å². The van der Waals surface area contributed by atoms with Crippen LogP contribution in [-0.2, 0) is 9.45 Å². The zero-order valence-corrected chi connectivity index (χ0v) is 6.20. The van der Waals surface area contributed by atoms with Gasteiger partial charge in [-0.3, -0.25) is 4.79 Å². The van der Waals surface area contributed by atoms with E-state index in [9.17, 15) is 4.79 Å². The van der Waals surface area contributed by atoms with E-state index in [4.69, 9.17) is 16.2 Å². The third-order valence-electron chi connectivity index (χ3n) is 0.976. The third-order valence-corrected chi connectivity index (χ3v) is 0.976. The lowest BCUT2D eigenvalue weighted by molar-refractivity contribution is -0.137. The van der Waals surface area contributed by atoms with Gasteiger partial charge in [-0.25, -0.2) is 0 Å². The summed E-state index contributed by atoms with van der Waals surface area (Å²) in [5.74, 6) is 0.414. The third kappa shape index (κ3) is 4.42. The molecule has 1 atom stereocenters. The van der Waals surface area contributed by atoms with Crippen molar-refractivity contribution < 1.29 is 14.6 Å². The summed E-state index contributed by atoms with van der Waals surface area (Å²) in [6.07, 6.45) is 4.87. The van der Waals surface area contributed by atoms with Gasteiger partial charge in [0.1, 0.15) is 5.94 Å². The van der Waals surface area contributed by atoms with Gasteiger partial charge in [-0.2, -0.15) is 0 Å². The maximum absolute atomic E-state index is 10.3. The minimum Gasteiger partial charge on any atom is -0.481 e. The van der Waals surface area contributed by atoms with E-state index in [0.29, 0.717) is 0 Å². The minimum absolute atomic E-state index is 0.0888. The van der Waals surface area contributed by atoms with Crippen molar-refractivity contribution in [3.63, 3.8) is 0 Å². The van der Waals surface area contributed by atoms with E-state index in [1.54, 1.807) is 0 Å². The summed E-state index contributed by atoms with van der Waals surface area (Å²) in [5.41, 5.74) is 0. The van der Waals surface area contributed by atoms with Crippen molar-refractivity contribution in [3.05, 3.63) is 0 Å². The summed E-state index contributed by atoms with van der Waals surface area (Å²) < 4.78 is 4.69. The van der Waals surface area contributed by atoms with Crippen LogP contribution in [0.3, 0.4) is 0 Å². The molecule has 59 valence electrons. The van der Waals surface area contributed by atoms with E-state index in [-0.39, 0.29) is 6.61 Å². The Morgan fingerprint density at radius 3 is 3.00 bits per heavy atom. The average Bonchev–Trinajstić information content (AvgIpc) is 1.97. The Hall–Kier alpha value is -0.985. The molecule has 0 bridgehead atoms. The standard InChI is InChI=1S/C6H9BNO3/c1-3-4-11-7-5(8-2)6(9)10/h1,5,8H,4H2,2H3,(H,9,10)/t5-/m1/s1. The average molecular weight is 154 g/mol. The van der Waals surface area contributed by atoms with Crippen LogP contribution in [0.25, 0.3) is 0 Å². The molecular weight excluding hydrogens is 145 g/mol. The van der Waals surface area contributed by atoms with Crippen LogP contribution >= 0.6 is 0 Å². The van der Waals surface area contributed by atoms with Crippen LogP contribution in [0.5, 0.6) is 0 Å². The molecule has 0 unspecified atom stereocenters. The highest BCUT2D eigenvalue weighted by atomic mass is 16.4. The fraction of sp³-hybridized carbons (Fsp3) is 0.500. The predicted octanol–water partition coefficient (Wildman–Crippen LogP) is -1.11. The highest BCUT2D eigenvalue weighted by Crippen LogP contribution is 1.81. The summed E-state index contributed by atoms with van der Waals surface area (Å²) in [6, 6.07) is 0. The van der Waals surface area contributed by atoms with Crippen LogP contribution in [0, 0.1) is 12.3 Å². The normalized spacial score (nSPS) is 11.6. The Balaban J connectivity index is 3.54. The molecule has 1 radical (unpaired) electrons. The van der Waals surface area contributed by atoms with Crippen LogP contribution in [0.15, 0.2) is 0 Å². The number of hydrogen-bond acceptors (Lipinski definition) is 3. The SMILES string of the molecule is C#CCO[B][C@H](NC)C(=O)O. The van der Waals surface area contributed by atoms with Crippen LogP contribution in [-0.4, -0.2) is 38.2 Å². The van der Waals surface area contributed by atoms with Crippen molar-refractivity contribution in [2.24, 2.45) is 0 Å². The fourth-order valence-electron chi connectivity index (χ4n) is 0.442. The van der Waals surface area contributed by atoms with Crippen molar-refractivity contribution in [3.8, 4) is 12.3 Å². The van der Waals surface area contributed by atoms with Gasteiger partial charge in [-0.1, -0.05) is 5.92 Å². The molecule has 11 heavy (non-hydrogen) atoms. The van der Waals surface area contributed by atoms with E-state index in [0.717, 1.165) is 7.48 Å². The molecule has 0 rings (SSSR count). The number of carboxylic acid groups (broad SMARTS) is 1. The Labute approximate surface area is 66.2 Å². The number of terminal acetylenes is 1. The van der Waals surface area contributed by atoms with E-state index in [1.807, 2.05) is 0 Å². The van der Waals surface area contributed by atoms with Gasteiger partial charge in [0.05, 0.1) is 6.61 Å². The van der Waals surface area contributed by atoms with Crippen molar-refractivity contribution in [2.75, 3.05) is 13.7 Å². The number of carboxylic acids is 1. The summed E-state index contributed by atoms with van der Waals surface area (Å²) in [6.45, 7) is 0.0888. The van der Waals surface area contributed by atoms with Crippen LogP contribution < -0.4 is 5.32 Å². The maximum Gasteiger partial charge on any atom is 0.324 e. The first-order valence-electron chi connectivity index (χ1n) is 3.01. The number of hydrogen-bond donors (Lipinski definition) is 2. The quantitative estimate of drug-likeness (QED) is 0.299. The lowest BCUT2D eigenvalue weighted by Crippen LogP contribution is -2.40. The maximum atomic E-state index is 10.3. The van der Waals surface area contributed by atoms with E-state index >= 15 is 0 Å². The molecule has 2 N–H and O–H groups in total. The number of aliphatic carboxylic acids is 1. The van der Waals surface area contributed by atoms with Gasteiger partial charge in [0, 0.05) is 0 Å². The molecule has 0 fully saturated rings. The summed E-state index contributed by atoms with van der Waals surface area (Å²) >= 11 is 0. The van der Waals surface area contributed by atoms with E-state index in [2.05, 4.69) is 11.2 Å². The largest absolute Gasteiger partial charge is 0.481 e. The fourth-order valence-corrected chi connectivity index (χ4v) is 0.442. The highest BCUT2D eigenvalue weighted by Gasteiger charge is 2.16. The molecule has 0 spiro atoms. The topological polar surface area (TPSA) is 58.6 Å². The molecule has 0 saturated carbocycles. The molecule has 4 nitrogen and oxygen atoms in total. The van der Waals surface area contributed by atoms with E-state index < -0.39 is 11.9 Å². The summed E-state index contributed by atoms with van der Waals surface area (Å²) in [4.78, 5) is 10.3. The lowest BCUT2D eigenvalue weighted by atomic mass is 9.88. The Bertz CT molecular complexity index is 166. The first-order valence-corrected chi connectivity index (χ1v) is 3.01. The van der Waals surface area contributed by atoms with Crippen LogP contribution in [0.2, 0.25) is 0 Å². The molecule has 5 heteroatoms. The van der Waals surface area contributed by atoms with Crippen LogP contribution in [0.4, 0.5) is 0 Å². The zero-order chi connectivity index (χ0) is 8.69. The van der Waals surface area contributed by atoms with Crippen LogP contribution in [0.1, 0.15) is 0 Å². The molecule has 0 saturated heterocycles. The molecule has 0 aliphatic rings. The second kappa shape index (κ2) is 5.77. The number of nitrogens with one attached hydrogen (secondary N) is 1. The van der Waals surface area contributed by atoms with Crippen molar-refractivity contribution in [2.45, 2.75) is 5.94 Å². The van der Waals surface area contributed by atoms with Gasteiger partial charge in [0.2, 0.25) is 0 Å². The molecule has 0 aromatic heterocycles. The Morgan fingerprint density at radius 2 is 2.64 bits per heavy atom. The monoisotopic (exact) mass is 154 g/mol. The second-order valence-corrected chi connectivity index (χ2v) is 1.76. The van der Waals surface area contributed by atoms with Gasteiger partial charge in [-0.15, -0.1) is 6.42 Å². The summed E-state index contributed by atoms with van der Waals surface area (Å²) in [7, 11) is 2.68. The smallest absolute Gasteiger partial charge is 0.324 e. The Kier molecular flexibility index (Phi) is 5.26. The molecule has 0 aromatic carbocycles. The molecule has 0 aliphatic heterocycles. The first-order chi connectivity index (χ1) is 5.22.